The lowest BCUT2D eigenvalue weighted by atomic mass is 9.94. The van der Waals surface area contributed by atoms with E-state index in [4.69, 9.17) is 9.47 Å². The van der Waals surface area contributed by atoms with Crippen LogP contribution in [0.15, 0.2) is 84.0 Å². The Hall–Kier alpha value is -4.05. The zero-order chi connectivity index (χ0) is 31.4. The van der Waals surface area contributed by atoms with Crippen molar-refractivity contribution in [3.8, 4) is 5.75 Å². The molecule has 1 saturated carbocycles. The monoisotopic (exact) mass is 612 g/mol. The maximum Gasteiger partial charge on any atom is 0.240 e. The highest BCUT2D eigenvalue weighted by molar-refractivity contribution is 6.06. The molecule has 2 aliphatic rings. The van der Waals surface area contributed by atoms with Crippen molar-refractivity contribution in [2.45, 2.75) is 57.7 Å². The zero-order valence-corrected chi connectivity index (χ0v) is 25.9. The maximum absolute atomic E-state index is 12.6. The molecule has 3 aromatic rings. The fourth-order valence-electron chi connectivity index (χ4n) is 5.27. The van der Waals surface area contributed by atoms with Gasteiger partial charge in [-0.05, 0) is 66.1 Å². The molecule has 45 heavy (non-hydrogen) atoms. The van der Waals surface area contributed by atoms with Gasteiger partial charge in [0.2, 0.25) is 11.8 Å². The number of rotatable bonds is 17. The van der Waals surface area contributed by atoms with E-state index in [0.717, 1.165) is 42.4 Å². The summed E-state index contributed by atoms with van der Waals surface area (Å²) in [5, 5.41) is 21.4. The summed E-state index contributed by atoms with van der Waals surface area (Å²) in [6.07, 6.45) is 3.40. The number of hydrazone groups is 1. The number of nitrogens with zero attached hydrogens (tertiary/aromatic N) is 1. The Labute approximate surface area is 265 Å². The predicted octanol–water partition coefficient (Wildman–Crippen LogP) is 4.49. The summed E-state index contributed by atoms with van der Waals surface area (Å²) in [7, 11) is 0. The average Bonchev–Trinajstić information content (AvgIpc) is 3.87. The Morgan fingerprint density at radius 2 is 1.78 bits per heavy atom. The normalized spacial score (nSPS) is 17.6. The second kappa shape index (κ2) is 16.3. The van der Waals surface area contributed by atoms with Crippen LogP contribution in [0.5, 0.6) is 5.75 Å². The first kappa shape index (κ1) is 32.3. The van der Waals surface area contributed by atoms with Gasteiger partial charge in [0, 0.05) is 50.6 Å². The largest absolute Gasteiger partial charge is 0.487 e. The third-order valence-electron chi connectivity index (χ3n) is 8.11. The van der Waals surface area contributed by atoms with Crippen molar-refractivity contribution in [3.63, 3.8) is 0 Å². The van der Waals surface area contributed by atoms with Gasteiger partial charge >= 0.3 is 0 Å². The molecule has 3 unspecified atom stereocenters. The van der Waals surface area contributed by atoms with E-state index < -0.39 is 12.2 Å². The summed E-state index contributed by atoms with van der Waals surface area (Å²) in [6.45, 7) is 4.25. The average molecular weight is 613 g/mol. The Bertz CT molecular complexity index is 1410. The molecule has 4 N–H and O–H groups in total. The van der Waals surface area contributed by atoms with E-state index in [0.29, 0.717) is 30.8 Å². The second-order valence-electron chi connectivity index (χ2n) is 12.0. The number of hydrogen-bond donors (Lipinski definition) is 4. The topological polar surface area (TPSA) is 121 Å². The van der Waals surface area contributed by atoms with Gasteiger partial charge < -0.3 is 25.2 Å². The van der Waals surface area contributed by atoms with Crippen LogP contribution < -0.4 is 20.8 Å². The first-order chi connectivity index (χ1) is 21.9. The van der Waals surface area contributed by atoms with Crippen LogP contribution in [0.2, 0.25) is 0 Å². The van der Waals surface area contributed by atoms with Gasteiger partial charge in [-0.1, -0.05) is 61.5 Å². The molecule has 9 heteroatoms. The van der Waals surface area contributed by atoms with Crippen LogP contribution in [0.1, 0.15) is 49.3 Å². The lowest BCUT2D eigenvalue weighted by Crippen LogP contribution is -2.41. The number of carbonyl (C=O) groups excluding carboxylic acids is 2. The SMILES string of the molecule is CC1CC(=O)NN=C1c1ccc(NC(=O)CCNCC(O)C(Cc2ccccc2)Oc2ccc(CCOCC3CC3)cc2)cc1. The fourth-order valence-corrected chi connectivity index (χ4v) is 5.27. The van der Waals surface area contributed by atoms with Gasteiger partial charge in [-0.3, -0.25) is 9.59 Å². The first-order valence-corrected chi connectivity index (χ1v) is 16.0. The maximum atomic E-state index is 12.6. The smallest absolute Gasteiger partial charge is 0.240 e. The standard InChI is InChI=1S/C36H44N4O5/c1-25-21-35(43)39-40-36(25)29-11-13-30(14-12-29)38-34(42)17-19-37-23-32(41)33(22-27-5-3-2-4-6-27)45-31-15-9-26(10-16-31)18-20-44-24-28-7-8-28/h2-6,9-16,25,28,32-33,37,41H,7-8,17-24H2,1H3,(H,38,42)(H,39,43). The molecule has 3 aromatic carbocycles. The highest BCUT2D eigenvalue weighted by atomic mass is 16.5. The van der Waals surface area contributed by atoms with Crippen molar-refractivity contribution in [1.82, 2.24) is 10.7 Å². The predicted molar refractivity (Wildman–Crippen MR) is 175 cm³/mol. The van der Waals surface area contributed by atoms with Crippen molar-refractivity contribution in [1.29, 1.82) is 0 Å². The summed E-state index contributed by atoms with van der Waals surface area (Å²) in [4.78, 5) is 24.1. The minimum atomic E-state index is -0.786. The van der Waals surface area contributed by atoms with Crippen LogP contribution in [0.4, 0.5) is 5.69 Å². The Kier molecular flexibility index (Phi) is 11.7. The van der Waals surface area contributed by atoms with Crippen molar-refractivity contribution in [3.05, 3.63) is 95.6 Å². The Balaban J connectivity index is 1.07. The lowest BCUT2D eigenvalue weighted by Gasteiger charge is -2.25. The molecule has 0 aromatic heterocycles. The molecule has 0 saturated heterocycles. The molecule has 1 heterocycles. The van der Waals surface area contributed by atoms with E-state index in [1.807, 2.05) is 73.7 Å². The van der Waals surface area contributed by atoms with Crippen molar-refractivity contribution in [2.24, 2.45) is 16.9 Å². The molecule has 0 radical (unpaired) electrons. The highest BCUT2D eigenvalue weighted by Crippen LogP contribution is 2.28. The minimum absolute atomic E-state index is 0.0328. The lowest BCUT2D eigenvalue weighted by molar-refractivity contribution is -0.122. The Morgan fingerprint density at radius 1 is 1.02 bits per heavy atom. The van der Waals surface area contributed by atoms with Gasteiger partial charge in [0.05, 0.1) is 12.3 Å². The van der Waals surface area contributed by atoms with Crippen LogP contribution in [0, 0.1) is 11.8 Å². The number of amides is 2. The van der Waals surface area contributed by atoms with Gasteiger partial charge in [-0.25, -0.2) is 5.43 Å². The quantitative estimate of drug-likeness (QED) is 0.167. The molecule has 0 bridgehead atoms. The van der Waals surface area contributed by atoms with Crippen LogP contribution >= 0.6 is 0 Å². The molecule has 1 fully saturated rings. The number of ether oxygens (including phenoxy) is 2. The van der Waals surface area contributed by atoms with E-state index >= 15 is 0 Å². The van der Waals surface area contributed by atoms with Crippen LogP contribution in [-0.4, -0.2) is 61.1 Å². The van der Waals surface area contributed by atoms with Crippen molar-refractivity contribution in [2.75, 3.05) is 31.6 Å². The molecule has 2 amide bonds. The van der Waals surface area contributed by atoms with Gasteiger partial charge in [0.15, 0.2) is 0 Å². The number of aliphatic hydroxyl groups is 1. The third kappa shape index (κ3) is 10.5. The highest BCUT2D eigenvalue weighted by Gasteiger charge is 2.23. The van der Waals surface area contributed by atoms with Crippen LogP contribution in [0.25, 0.3) is 0 Å². The van der Waals surface area contributed by atoms with E-state index in [1.165, 1.54) is 18.4 Å². The van der Waals surface area contributed by atoms with E-state index in [2.05, 4.69) is 33.3 Å². The molecule has 9 nitrogen and oxygen atoms in total. The Morgan fingerprint density at radius 3 is 2.49 bits per heavy atom. The van der Waals surface area contributed by atoms with Gasteiger partial charge in [-0.2, -0.15) is 5.10 Å². The zero-order valence-electron chi connectivity index (χ0n) is 25.9. The van der Waals surface area contributed by atoms with Crippen LogP contribution in [0.3, 0.4) is 0 Å². The molecular weight excluding hydrogens is 568 g/mol. The summed E-state index contributed by atoms with van der Waals surface area (Å²) >= 11 is 0. The molecular formula is C36H44N4O5. The summed E-state index contributed by atoms with van der Waals surface area (Å²) in [5.74, 6) is 1.30. The number of hydrogen-bond acceptors (Lipinski definition) is 7. The summed E-state index contributed by atoms with van der Waals surface area (Å²) in [5.41, 5.74) is 7.22. The van der Waals surface area contributed by atoms with Crippen molar-refractivity contribution < 1.29 is 24.2 Å². The minimum Gasteiger partial charge on any atom is -0.487 e. The van der Waals surface area contributed by atoms with E-state index in [-0.39, 0.29) is 30.7 Å². The van der Waals surface area contributed by atoms with Gasteiger partial charge in [-0.15, -0.1) is 0 Å². The third-order valence-corrected chi connectivity index (χ3v) is 8.11. The van der Waals surface area contributed by atoms with Crippen LogP contribution in [-0.2, 0) is 27.2 Å². The molecule has 238 valence electrons. The number of carbonyl (C=O) groups is 2. The number of benzene rings is 3. The number of nitrogens with one attached hydrogen (secondary N) is 3. The molecule has 0 spiro atoms. The molecule has 1 aliphatic heterocycles. The van der Waals surface area contributed by atoms with E-state index in [1.54, 1.807) is 0 Å². The summed E-state index contributed by atoms with van der Waals surface area (Å²) < 4.78 is 12.1. The molecule has 1 aliphatic carbocycles. The number of anilines is 1. The van der Waals surface area contributed by atoms with Crippen molar-refractivity contribution >= 4 is 23.2 Å². The number of aliphatic hydroxyl groups excluding tert-OH is 1. The van der Waals surface area contributed by atoms with Gasteiger partial charge in [0.25, 0.3) is 0 Å². The van der Waals surface area contributed by atoms with E-state index in [9.17, 15) is 14.7 Å². The summed E-state index contributed by atoms with van der Waals surface area (Å²) in [6, 6.07) is 25.4. The second-order valence-corrected chi connectivity index (χ2v) is 12.0. The van der Waals surface area contributed by atoms with Gasteiger partial charge in [0.1, 0.15) is 18.0 Å². The fraction of sp³-hybridized carbons (Fsp3) is 0.417. The molecule has 3 atom stereocenters. The first-order valence-electron chi connectivity index (χ1n) is 16.0. The molecule has 5 rings (SSSR count).